The summed E-state index contributed by atoms with van der Waals surface area (Å²) >= 11 is 0. The Morgan fingerprint density at radius 2 is 1.71 bits per heavy atom. The van der Waals surface area contributed by atoms with Gasteiger partial charge in [0.1, 0.15) is 0 Å². The van der Waals surface area contributed by atoms with Gasteiger partial charge in [0.2, 0.25) is 0 Å². The summed E-state index contributed by atoms with van der Waals surface area (Å²) in [7, 11) is 0. The summed E-state index contributed by atoms with van der Waals surface area (Å²) in [5.41, 5.74) is 1.22. The summed E-state index contributed by atoms with van der Waals surface area (Å²) in [6, 6.07) is 4.11. The van der Waals surface area contributed by atoms with Gasteiger partial charge in [-0.15, -0.1) is 0 Å². The van der Waals surface area contributed by atoms with Crippen molar-refractivity contribution in [2.45, 2.75) is 53.0 Å². The number of hydrogen-bond acceptors (Lipinski definition) is 1. The lowest BCUT2D eigenvalue weighted by molar-refractivity contribution is 0.149. The van der Waals surface area contributed by atoms with Gasteiger partial charge in [0, 0.05) is 6.54 Å². The molecular weight excluding hydrogens is 268 g/mol. The molecule has 0 atom stereocenters. The van der Waals surface area contributed by atoms with Gasteiger partial charge in [-0.05, 0) is 67.2 Å². The van der Waals surface area contributed by atoms with Gasteiger partial charge in [0.05, 0.1) is 0 Å². The molecule has 0 radical (unpaired) electrons. The van der Waals surface area contributed by atoms with Crippen LogP contribution in [-0.2, 0) is 6.54 Å². The van der Waals surface area contributed by atoms with Crippen molar-refractivity contribution in [2.24, 2.45) is 17.3 Å². The Morgan fingerprint density at radius 1 is 1.05 bits per heavy atom. The SMILES string of the molecule is CC(C)(C)C1CCC(CNCc2ccc(F)c(F)c2)CC1. The third kappa shape index (κ3) is 4.77. The minimum Gasteiger partial charge on any atom is -0.312 e. The van der Waals surface area contributed by atoms with Crippen LogP contribution in [0.15, 0.2) is 18.2 Å². The molecule has 0 aromatic heterocycles. The lowest BCUT2D eigenvalue weighted by Crippen LogP contribution is -2.30. The van der Waals surface area contributed by atoms with Crippen LogP contribution in [0.1, 0.15) is 52.0 Å². The second-order valence-corrected chi connectivity index (χ2v) is 7.46. The van der Waals surface area contributed by atoms with Crippen molar-refractivity contribution in [3.63, 3.8) is 0 Å². The number of halogens is 2. The molecule has 2 rings (SSSR count). The average molecular weight is 295 g/mol. The van der Waals surface area contributed by atoms with Crippen molar-refractivity contribution in [2.75, 3.05) is 6.54 Å². The van der Waals surface area contributed by atoms with E-state index in [1.165, 1.54) is 37.8 Å². The van der Waals surface area contributed by atoms with E-state index in [2.05, 4.69) is 26.1 Å². The van der Waals surface area contributed by atoms with Gasteiger partial charge in [0.25, 0.3) is 0 Å². The fourth-order valence-corrected chi connectivity index (χ4v) is 3.30. The van der Waals surface area contributed by atoms with Crippen LogP contribution in [0.5, 0.6) is 0 Å². The summed E-state index contributed by atoms with van der Waals surface area (Å²) in [6.45, 7) is 8.57. The molecule has 1 aromatic carbocycles. The van der Waals surface area contributed by atoms with E-state index >= 15 is 0 Å². The van der Waals surface area contributed by atoms with Gasteiger partial charge in [-0.25, -0.2) is 8.78 Å². The van der Waals surface area contributed by atoms with Gasteiger partial charge in [-0.2, -0.15) is 0 Å². The van der Waals surface area contributed by atoms with Crippen LogP contribution in [0.2, 0.25) is 0 Å². The molecule has 0 heterocycles. The fourth-order valence-electron chi connectivity index (χ4n) is 3.30. The highest BCUT2D eigenvalue weighted by Crippen LogP contribution is 2.39. The van der Waals surface area contributed by atoms with E-state index in [4.69, 9.17) is 0 Å². The van der Waals surface area contributed by atoms with Gasteiger partial charge >= 0.3 is 0 Å². The molecule has 1 aliphatic carbocycles. The molecular formula is C18H27F2N. The van der Waals surface area contributed by atoms with Crippen molar-refractivity contribution in [3.05, 3.63) is 35.4 Å². The highest BCUT2D eigenvalue weighted by atomic mass is 19.2. The Hall–Kier alpha value is -0.960. The molecule has 0 aliphatic heterocycles. The average Bonchev–Trinajstić information content (AvgIpc) is 2.42. The van der Waals surface area contributed by atoms with Crippen LogP contribution in [0.3, 0.4) is 0 Å². The van der Waals surface area contributed by atoms with E-state index in [0.29, 0.717) is 17.9 Å². The summed E-state index contributed by atoms with van der Waals surface area (Å²) in [5.74, 6) is 0.00748. The van der Waals surface area contributed by atoms with E-state index in [0.717, 1.165) is 18.0 Å². The molecule has 1 fully saturated rings. The Kier molecular flexibility index (Phi) is 5.37. The van der Waals surface area contributed by atoms with E-state index in [-0.39, 0.29) is 0 Å². The van der Waals surface area contributed by atoms with Crippen LogP contribution in [0, 0.1) is 28.9 Å². The first kappa shape index (κ1) is 16.4. The first-order valence-corrected chi connectivity index (χ1v) is 8.01. The number of hydrogen-bond donors (Lipinski definition) is 1. The third-order valence-corrected chi connectivity index (χ3v) is 4.82. The number of rotatable bonds is 4. The summed E-state index contributed by atoms with van der Waals surface area (Å²) < 4.78 is 26.0. The van der Waals surface area contributed by atoms with E-state index in [9.17, 15) is 8.78 Å². The van der Waals surface area contributed by atoms with E-state index < -0.39 is 11.6 Å². The van der Waals surface area contributed by atoms with Gasteiger partial charge in [-0.3, -0.25) is 0 Å². The first-order valence-electron chi connectivity index (χ1n) is 8.01. The fraction of sp³-hybridized carbons (Fsp3) is 0.667. The third-order valence-electron chi connectivity index (χ3n) is 4.82. The Balaban J connectivity index is 1.71. The van der Waals surface area contributed by atoms with Crippen molar-refractivity contribution in [1.29, 1.82) is 0 Å². The van der Waals surface area contributed by atoms with Crippen molar-refractivity contribution in [3.8, 4) is 0 Å². The Labute approximate surface area is 127 Å². The van der Waals surface area contributed by atoms with E-state index in [1.807, 2.05) is 0 Å². The maximum atomic E-state index is 13.1. The van der Waals surface area contributed by atoms with Crippen LogP contribution in [0.4, 0.5) is 8.78 Å². The second kappa shape index (κ2) is 6.87. The second-order valence-electron chi connectivity index (χ2n) is 7.46. The van der Waals surface area contributed by atoms with Crippen LogP contribution in [0.25, 0.3) is 0 Å². The summed E-state index contributed by atoms with van der Waals surface area (Å²) in [5, 5.41) is 3.38. The van der Waals surface area contributed by atoms with Gasteiger partial charge in [0.15, 0.2) is 11.6 Å². The maximum absolute atomic E-state index is 13.1. The zero-order chi connectivity index (χ0) is 15.5. The monoisotopic (exact) mass is 295 g/mol. The van der Waals surface area contributed by atoms with Crippen LogP contribution in [-0.4, -0.2) is 6.54 Å². The zero-order valence-corrected chi connectivity index (χ0v) is 13.4. The lowest BCUT2D eigenvalue weighted by Gasteiger charge is -2.37. The van der Waals surface area contributed by atoms with Crippen molar-refractivity contribution < 1.29 is 8.78 Å². The largest absolute Gasteiger partial charge is 0.312 e. The molecule has 0 unspecified atom stereocenters. The summed E-state index contributed by atoms with van der Waals surface area (Å²) in [6.07, 6.45) is 5.15. The molecule has 1 nitrogen and oxygen atoms in total. The molecule has 1 aromatic rings. The quantitative estimate of drug-likeness (QED) is 0.832. The predicted molar refractivity (Wildman–Crippen MR) is 83.0 cm³/mol. The molecule has 3 heteroatoms. The Bertz CT molecular complexity index is 457. The highest BCUT2D eigenvalue weighted by molar-refractivity contribution is 5.17. The topological polar surface area (TPSA) is 12.0 Å². The predicted octanol–water partition coefficient (Wildman–Crippen LogP) is 4.91. The lowest BCUT2D eigenvalue weighted by atomic mass is 9.70. The van der Waals surface area contributed by atoms with E-state index in [1.54, 1.807) is 6.07 Å². The molecule has 0 bridgehead atoms. The zero-order valence-electron chi connectivity index (χ0n) is 13.4. The summed E-state index contributed by atoms with van der Waals surface area (Å²) in [4.78, 5) is 0. The van der Waals surface area contributed by atoms with Crippen LogP contribution < -0.4 is 5.32 Å². The Morgan fingerprint density at radius 3 is 2.29 bits per heavy atom. The van der Waals surface area contributed by atoms with Gasteiger partial charge < -0.3 is 5.32 Å². The molecule has 1 aliphatic rings. The molecule has 0 spiro atoms. The minimum atomic E-state index is -0.778. The normalized spacial score (nSPS) is 23.3. The number of nitrogens with one attached hydrogen (secondary N) is 1. The van der Waals surface area contributed by atoms with Crippen LogP contribution >= 0.6 is 0 Å². The van der Waals surface area contributed by atoms with Crippen molar-refractivity contribution in [1.82, 2.24) is 5.32 Å². The molecule has 0 saturated heterocycles. The molecule has 1 N–H and O–H groups in total. The minimum absolute atomic E-state index is 0.421. The highest BCUT2D eigenvalue weighted by Gasteiger charge is 2.29. The molecule has 0 amide bonds. The molecule has 118 valence electrons. The standard InChI is InChI=1S/C18H27F2N/c1-18(2,3)15-7-4-13(5-8-15)11-21-12-14-6-9-16(19)17(20)10-14/h6,9-10,13,15,21H,4-5,7-8,11-12H2,1-3H3. The maximum Gasteiger partial charge on any atom is 0.159 e. The molecule has 1 saturated carbocycles. The number of benzene rings is 1. The van der Waals surface area contributed by atoms with Gasteiger partial charge in [-0.1, -0.05) is 26.8 Å². The van der Waals surface area contributed by atoms with Crippen molar-refractivity contribution >= 4 is 0 Å². The molecule has 21 heavy (non-hydrogen) atoms. The first-order chi connectivity index (χ1) is 9.86. The smallest absolute Gasteiger partial charge is 0.159 e.